The van der Waals surface area contributed by atoms with Crippen LogP contribution in [0.15, 0.2) is 24.4 Å². The number of aryl methyl sites for hydroxylation is 1. The van der Waals surface area contributed by atoms with Gasteiger partial charge in [-0.25, -0.2) is 0 Å². The molecular weight excluding hydrogens is 216 g/mol. The highest BCUT2D eigenvalue weighted by molar-refractivity contribution is 7.71. The van der Waals surface area contributed by atoms with E-state index in [9.17, 15) is 0 Å². The second kappa shape index (κ2) is 3.59. The summed E-state index contributed by atoms with van der Waals surface area (Å²) >= 11 is 5.06. The standard InChI is InChI=1S/C13H14N2S/c1-8-2-3-9-5-11(6-10(9)4-8)12-7-14-13(16)15-12/h2-4,7,11H,5-6H2,1H3,(H2,14,15,16). The van der Waals surface area contributed by atoms with Gasteiger partial charge in [-0.15, -0.1) is 0 Å². The molecule has 0 fully saturated rings. The fourth-order valence-corrected chi connectivity index (χ4v) is 2.71. The van der Waals surface area contributed by atoms with Crippen LogP contribution < -0.4 is 0 Å². The number of imidazole rings is 1. The van der Waals surface area contributed by atoms with Gasteiger partial charge in [0.1, 0.15) is 0 Å². The van der Waals surface area contributed by atoms with E-state index >= 15 is 0 Å². The molecule has 1 aromatic carbocycles. The van der Waals surface area contributed by atoms with Crippen LogP contribution in [0.5, 0.6) is 0 Å². The van der Waals surface area contributed by atoms with E-state index in [1.807, 2.05) is 6.20 Å². The molecule has 1 aliphatic rings. The summed E-state index contributed by atoms with van der Waals surface area (Å²) in [7, 11) is 0. The third kappa shape index (κ3) is 1.61. The Hall–Kier alpha value is -1.35. The zero-order valence-corrected chi connectivity index (χ0v) is 10.0. The summed E-state index contributed by atoms with van der Waals surface area (Å²) in [5.74, 6) is 0.560. The van der Waals surface area contributed by atoms with Gasteiger partial charge in [0.25, 0.3) is 0 Å². The topological polar surface area (TPSA) is 31.6 Å². The summed E-state index contributed by atoms with van der Waals surface area (Å²) in [4.78, 5) is 6.27. The van der Waals surface area contributed by atoms with E-state index in [0.29, 0.717) is 5.92 Å². The number of rotatable bonds is 1. The van der Waals surface area contributed by atoms with Gasteiger partial charge in [0, 0.05) is 17.8 Å². The Morgan fingerprint density at radius 2 is 2.06 bits per heavy atom. The summed E-state index contributed by atoms with van der Waals surface area (Å²) in [5, 5.41) is 0. The smallest absolute Gasteiger partial charge is 0.174 e. The normalized spacial score (nSPS) is 18.7. The van der Waals surface area contributed by atoms with Crippen molar-refractivity contribution in [2.24, 2.45) is 0 Å². The van der Waals surface area contributed by atoms with Crippen molar-refractivity contribution < 1.29 is 0 Å². The summed E-state index contributed by atoms with van der Waals surface area (Å²) in [5.41, 5.74) is 5.56. The number of hydrogen-bond acceptors (Lipinski definition) is 1. The van der Waals surface area contributed by atoms with Gasteiger partial charge in [0.15, 0.2) is 4.77 Å². The largest absolute Gasteiger partial charge is 0.337 e. The van der Waals surface area contributed by atoms with Gasteiger partial charge in [0.2, 0.25) is 0 Å². The number of aromatic nitrogens is 2. The summed E-state index contributed by atoms with van der Waals surface area (Å²) in [6.45, 7) is 2.15. The molecule has 16 heavy (non-hydrogen) atoms. The Bertz CT molecular complexity index is 580. The average molecular weight is 230 g/mol. The van der Waals surface area contributed by atoms with Gasteiger partial charge in [0.05, 0.1) is 0 Å². The molecule has 2 nitrogen and oxygen atoms in total. The Labute approximate surface area is 99.7 Å². The van der Waals surface area contributed by atoms with Crippen molar-refractivity contribution in [3.63, 3.8) is 0 Å². The van der Waals surface area contributed by atoms with Gasteiger partial charge >= 0.3 is 0 Å². The molecule has 2 N–H and O–H groups in total. The summed E-state index contributed by atoms with van der Waals surface area (Å²) in [6, 6.07) is 6.75. The molecule has 0 spiro atoms. The number of H-pyrrole nitrogens is 2. The Morgan fingerprint density at radius 3 is 2.81 bits per heavy atom. The maximum absolute atomic E-state index is 5.06. The van der Waals surface area contributed by atoms with Crippen LogP contribution in [-0.4, -0.2) is 9.97 Å². The summed E-state index contributed by atoms with van der Waals surface area (Å²) < 4.78 is 0.724. The van der Waals surface area contributed by atoms with Gasteiger partial charge < -0.3 is 9.97 Å². The Morgan fingerprint density at radius 1 is 1.25 bits per heavy atom. The van der Waals surface area contributed by atoms with Crippen LogP contribution in [0, 0.1) is 11.7 Å². The van der Waals surface area contributed by atoms with E-state index in [0.717, 1.165) is 17.6 Å². The van der Waals surface area contributed by atoms with Crippen molar-refractivity contribution in [2.75, 3.05) is 0 Å². The quantitative estimate of drug-likeness (QED) is 0.724. The molecule has 2 aromatic rings. The third-order valence-corrected chi connectivity index (χ3v) is 3.57. The Kier molecular flexibility index (Phi) is 2.21. The molecule has 0 aliphatic heterocycles. The van der Waals surface area contributed by atoms with E-state index in [2.05, 4.69) is 35.1 Å². The zero-order chi connectivity index (χ0) is 11.1. The molecule has 0 radical (unpaired) electrons. The van der Waals surface area contributed by atoms with E-state index in [1.165, 1.54) is 22.4 Å². The fraction of sp³-hybridized carbons (Fsp3) is 0.308. The maximum atomic E-state index is 5.06. The number of fused-ring (bicyclic) bond motifs is 1. The number of hydrogen-bond donors (Lipinski definition) is 2. The van der Waals surface area contributed by atoms with Gasteiger partial charge in [-0.2, -0.15) is 0 Å². The molecule has 0 amide bonds. The van der Waals surface area contributed by atoms with E-state index in [4.69, 9.17) is 12.2 Å². The lowest BCUT2D eigenvalue weighted by Crippen LogP contribution is -1.97. The highest BCUT2D eigenvalue weighted by Gasteiger charge is 2.23. The predicted octanol–water partition coefficient (Wildman–Crippen LogP) is 3.26. The number of nitrogens with one attached hydrogen (secondary N) is 2. The first-order valence-electron chi connectivity index (χ1n) is 5.58. The van der Waals surface area contributed by atoms with E-state index < -0.39 is 0 Å². The Balaban J connectivity index is 1.93. The van der Waals surface area contributed by atoms with Crippen molar-refractivity contribution in [3.05, 3.63) is 51.6 Å². The molecule has 82 valence electrons. The highest BCUT2D eigenvalue weighted by Crippen LogP contribution is 2.33. The van der Waals surface area contributed by atoms with Crippen molar-refractivity contribution in [1.29, 1.82) is 0 Å². The minimum atomic E-state index is 0.560. The first-order valence-corrected chi connectivity index (χ1v) is 5.99. The predicted molar refractivity (Wildman–Crippen MR) is 67.3 cm³/mol. The molecule has 0 bridgehead atoms. The molecule has 0 saturated heterocycles. The van der Waals surface area contributed by atoms with Crippen LogP contribution in [0.1, 0.15) is 28.3 Å². The van der Waals surface area contributed by atoms with Crippen molar-refractivity contribution in [1.82, 2.24) is 9.97 Å². The monoisotopic (exact) mass is 230 g/mol. The lowest BCUT2D eigenvalue weighted by atomic mass is 10.0. The fourth-order valence-electron chi connectivity index (χ4n) is 2.53. The lowest BCUT2D eigenvalue weighted by molar-refractivity contribution is 0.719. The summed E-state index contributed by atoms with van der Waals surface area (Å²) in [6.07, 6.45) is 4.25. The van der Waals surface area contributed by atoms with E-state index in [1.54, 1.807) is 0 Å². The molecule has 3 rings (SSSR count). The number of benzene rings is 1. The number of aromatic amines is 2. The molecule has 1 unspecified atom stereocenters. The maximum Gasteiger partial charge on any atom is 0.174 e. The van der Waals surface area contributed by atoms with Gasteiger partial charge in [-0.1, -0.05) is 23.8 Å². The first kappa shape index (κ1) is 9.85. The van der Waals surface area contributed by atoms with Crippen LogP contribution in [0.4, 0.5) is 0 Å². The second-order valence-corrected chi connectivity index (χ2v) is 4.98. The molecular formula is C13H14N2S. The zero-order valence-electron chi connectivity index (χ0n) is 9.21. The van der Waals surface area contributed by atoms with Gasteiger partial charge in [-0.3, -0.25) is 0 Å². The van der Waals surface area contributed by atoms with E-state index in [-0.39, 0.29) is 0 Å². The van der Waals surface area contributed by atoms with Crippen molar-refractivity contribution >= 4 is 12.2 Å². The van der Waals surface area contributed by atoms with Crippen LogP contribution >= 0.6 is 12.2 Å². The first-order chi connectivity index (χ1) is 7.72. The van der Waals surface area contributed by atoms with Crippen LogP contribution in [0.3, 0.4) is 0 Å². The minimum Gasteiger partial charge on any atom is -0.337 e. The third-order valence-electron chi connectivity index (χ3n) is 3.35. The average Bonchev–Trinajstić information content (AvgIpc) is 2.83. The molecule has 1 aliphatic carbocycles. The molecule has 1 aromatic heterocycles. The molecule has 0 saturated carbocycles. The van der Waals surface area contributed by atoms with Crippen LogP contribution in [-0.2, 0) is 12.8 Å². The minimum absolute atomic E-state index is 0.560. The van der Waals surface area contributed by atoms with Crippen molar-refractivity contribution in [3.8, 4) is 0 Å². The molecule has 1 heterocycles. The van der Waals surface area contributed by atoms with Crippen LogP contribution in [0.25, 0.3) is 0 Å². The van der Waals surface area contributed by atoms with Gasteiger partial charge in [-0.05, 0) is 43.1 Å². The van der Waals surface area contributed by atoms with Crippen molar-refractivity contribution in [2.45, 2.75) is 25.7 Å². The SMILES string of the molecule is Cc1ccc2c(c1)CC(c1c[nH]c(=S)[nH]1)C2. The highest BCUT2D eigenvalue weighted by atomic mass is 32.1. The molecule has 1 atom stereocenters. The van der Waals surface area contributed by atoms with Crippen LogP contribution in [0.2, 0.25) is 0 Å². The lowest BCUT2D eigenvalue weighted by Gasteiger charge is -2.04. The molecule has 3 heteroatoms. The second-order valence-electron chi connectivity index (χ2n) is 4.58.